The molecule has 1 atom stereocenters. The van der Waals surface area contributed by atoms with Crippen molar-refractivity contribution in [2.24, 2.45) is 5.92 Å². The Kier molecular flexibility index (Phi) is 2.17. The third-order valence-corrected chi connectivity index (χ3v) is 3.63. The molecule has 1 fully saturated rings. The van der Waals surface area contributed by atoms with Crippen molar-refractivity contribution in [3.63, 3.8) is 0 Å². The maximum Gasteiger partial charge on any atom is 0.303 e. The maximum atomic E-state index is 10.8. The molecule has 1 aliphatic rings. The molecule has 0 spiro atoms. The molecule has 1 saturated heterocycles. The van der Waals surface area contributed by atoms with Crippen molar-refractivity contribution < 1.29 is 18.3 Å². The fourth-order valence-corrected chi connectivity index (χ4v) is 3.14. The molecule has 11 heavy (non-hydrogen) atoms. The molecule has 0 saturated carbocycles. The Morgan fingerprint density at radius 2 is 2.18 bits per heavy atom. The van der Waals surface area contributed by atoms with Gasteiger partial charge in [0.05, 0.1) is 11.5 Å². The molecule has 0 amide bonds. The van der Waals surface area contributed by atoms with E-state index in [1.807, 2.05) is 0 Å². The second-order valence-electron chi connectivity index (χ2n) is 2.87. The SMILES string of the molecule is O=C(O)C[C@@H]1CCS(=O)(=O)C1. The van der Waals surface area contributed by atoms with Gasteiger partial charge in [-0.1, -0.05) is 0 Å². The summed E-state index contributed by atoms with van der Waals surface area (Å²) in [4.78, 5) is 10.2. The first-order valence-electron chi connectivity index (χ1n) is 3.42. The van der Waals surface area contributed by atoms with E-state index in [4.69, 9.17) is 5.11 Å². The van der Waals surface area contributed by atoms with E-state index in [2.05, 4.69) is 0 Å². The molecule has 0 aromatic heterocycles. The van der Waals surface area contributed by atoms with Crippen molar-refractivity contribution in [1.29, 1.82) is 0 Å². The molecule has 0 unspecified atom stereocenters. The van der Waals surface area contributed by atoms with E-state index in [1.165, 1.54) is 0 Å². The van der Waals surface area contributed by atoms with Crippen LogP contribution in [0.4, 0.5) is 0 Å². The Bertz CT molecular complexity index is 254. The van der Waals surface area contributed by atoms with Crippen molar-refractivity contribution in [2.45, 2.75) is 12.8 Å². The molecule has 0 bridgehead atoms. The van der Waals surface area contributed by atoms with Gasteiger partial charge in [-0.05, 0) is 12.3 Å². The molecule has 5 heteroatoms. The lowest BCUT2D eigenvalue weighted by Crippen LogP contribution is -2.09. The van der Waals surface area contributed by atoms with Gasteiger partial charge in [-0.25, -0.2) is 8.42 Å². The second-order valence-corrected chi connectivity index (χ2v) is 5.10. The molecular weight excluding hydrogens is 168 g/mol. The van der Waals surface area contributed by atoms with Gasteiger partial charge in [0.2, 0.25) is 0 Å². The van der Waals surface area contributed by atoms with Crippen LogP contribution in [0.3, 0.4) is 0 Å². The number of sulfone groups is 1. The highest BCUT2D eigenvalue weighted by Gasteiger charge is 2.29. The van der Waals surface area contributed by atoms with E-state index in [0.717, 1.165) is 0 Å². The first kappa shape index (κ1) is 8.52. The Morgan fingerprint density at radius 3 is 2.55 bits per heavy atom. The van der Waals surface area contributed by atoms with Crippen LogP contribution in [0, 0.1) is 5.92 Å². The standard InChI is InChI=1S/C6H10O4S/c7-6(8)3-5-1-2-11(9,10)4-5/h5H,1-4H2,(H,7,8)/t5-/m0/s1. The van der Waals surface area contributed by atoms with Gasteiger partial charge in [0.1, 0.15) is 0 Å². The van der Waals surface area contributed by atoms with Gasteiger partial charge in [0.25, 0.3) is 0 Å². The number of carboxylic acids is 1. The molecule has 0 radical (unpaired) electrons. The van der Waals surface area contributed by atoms with Crippen LogP contribution in [0.5, 0.6) is 0 Å². The van der Waals surface area contributed by atoms with Crippen molar-refractivity contribution in [3.05, 3.63) is 0 Å². The number of hydrogen-bond acceptors (Lipinski definition) is 3. The molecule has 1 heterocycles. The monoisotopic (exact) mass is 178 g/mol. The smallest absolute Gasteiger partial charge is 0.303 e. The minimum absolute atomic E-state index is 0.0147. The van der Waals surface area contributed by atoms with E-state index in [-0.39, 0.29) is 23.8 Å². The highest BCUT2D eigenvalue weighted by Crippen LogP contribution is 2.20. The van der Waals surface area contributed by atoms with E-state index in [1.54, 1.807) is 0 Å². The first-order valence-corrected chi connectivity index (χ1v) is 5.24. The third kappa shape index (κ3) is 2.49. The summed E-state index contributed by atoms with van der Waals surface area (Å²) in [5, 5.41) is 8.35. The average Bonchev–Trinajstić information content (AvgIpc) is 2.08. The molecule has 0 aromatic carbocycles. The highest BCUT2D eigenvalue weighted by atomic mass is 32.2. The predicted molar refractivity (Wildman–Crippen MR) is 39.0 cm³/mol. The van der Waals surface area contributed by atoms with E-state index >= 15 is 0 Å². The quantitative estimate of drug-likeness (QED) is 0.640. The Morgan fingerprint density at radius 1 is 1.55 bits per heavy atom. The lowest BCUT2D eigenvalue weighted by Gasteiger charge is -2.00. The Balaban J connectivity index is 2.49. The topological polar surface area (TPSA) is 71.4 Å². The van der Waals surface area contributed by atoms with Gasteiger partial charge < -0.3 is 5.11 Å². The summed E-state index contributed by atoms with van der Waals surface area (Å²) in [6, 6.07) is 0. The van der Waals surface area contributed by atoms with Crippen LogP contribution >= 0.6 is 0 Å². The molecule has 1 aliphatic heterocycles. The van der Waals surface area contributed by atoms with Crippen LogP contribution in [0.25, 0.3) is 0 Å². The summed E-state index contributed by atoms with van der Waals surface area (Å²) in [5.74, 6) is -0.853. The number of hydrogen-bond donors (Lipinski definition) is 1. The summed E-state index contributed by atoms with van der Waals surface area (Å²) in [7, 11) is -2.90. The van der Waals surface area contributed by atoms with Crippen LogP contribution in [0.2, 0.25) is 0 Å². The average molecular weight is 178 g/mol. The molecule has 4 nitrogen and oxygen atoms in total. The normalized spacial score (nSPS) is 28.5. The fourth-order valence-electron chi connectivity index (χ4n) is 1.28. The van der Waals surface area contributed by atoms with Gasteiger partial charge in [0, 0.05) is 6.42 Å². The van der Waals surface area contributed by atoms with Crippen molar-refractivity contribution >= 4 is 15.8 Å². The molecule has 1 rings (SSSR count). The molecular formula is C6H10O4S. The zero-order valence-electron chi connectivity index (χ0n) is 5.99. The number of carboxylic acid groups (broad SMARTS) is 1. The molecule has 1 N–H and O–H groups in total. The van der Waals surface area contributed by atoms with Crippen LogP contribution in [0.1, 0.15) is 12.8 Å². The lowest BCUT2D eigenvalue weighted by molar-refractivity contribution is -0.137. The predicted octanol–water partition coefficient (Wildman–Crippen LogP) is -0.104. The molecule has 64 valence electrons. The van der Waals surface area contributed by atoms with Crippen molar-refractivity contribution in [3.8, 4) is 0 Å². The maximum absolute atomic E-state index is 10.8. The largest absolute Gasteiger partial charge is 0.481 e. The fraction of sp³-hybridized carbons (Fsp3) is 0.833. The number of aliphatic carboxylic acids is 1. The highest BCUT2D eigenvalue weighted by molar-refractivity contribution is 7.91. The van der Waals surface area contributed by atoms with E-state index in [0.29, 0.717) is 6.42 Å². The van der Waals surface area contributed by atoms with E-state index in [9.17, 15) is 13.2 Å². The van der Waals surface area contributed by atoms with Gasteiger partial charge >= 0.3 is 5.97 Å². The Hall–Kier alpha value is -0.580. The summed E-state index contributed by atoms with van der Waals surface area (Å²) in [6.45, 7) is 0. The summed E-state index contributed by atoms with van der Waals surface area (Å²) in [5.41, 5.74) is 0. The van der Waals surface area contributed by atoms with E-state index < -0.39 is 15.8 Å². The zero-order chi connectivity index (χ0) is 8.48. The van der Waals surface area contributed by atoms with Crippen molar-refractivity contribution in [1.82, 2.24) is 0 Å². The number of carbonyl (C=O) groups is 1. The summed E-state index contributed by atoms with van der Waals surface area (Å²) in [6.07, 6.45) is 0.494. The first-order chi connectivity index (χ1) is 4.99. The van der Waals surface area contributed by atoms with Crippen LogP contribution in [-0.4, -0.2) is 31.0 Å². The summed E-state index contributed by atoms with van der Waals surface area (Å²) >= 11 is 0. The Labute approximate surface area is 65.1 Å². The molecule has 0 aromatic rings. The second kappa shape index (κ2) is 2.81. The van der Waals surface area contributed by atoms with Gasteiger partial charge in [-0.3, -0.25) is 4.79 Å². The number of rotatable bonds is 2. The van der Waals surface area contributed by atoms with Gasteiger partial charge in [-0.2, -0.15) is 0 Å². The molecule has 0 aliphatic carbocycles. The minimum Gasteiger partial charge on any atom is -0.481 e. The lowest BCUT2D eigenvalue weighted by atomic mass is 10.1. The minimum atomic E-state index is -2.90. The van der Waals surface area contributed by atoms with Gasteiger partial charge in [-0.15, -0.1) is 0 Å². The third-order valence-electron chi connectivity index (χ3n) is 1.79. The van der Waals surface area contributed by atoms with Crippen LogP contribution in [0.15, 0.2) is 0 Å². The van der Waals surface area contributed by atoms with Crippen LogP contribution in [-0.2, 0) is 14.6 Å². The van der Waals surface area contributed by atoms with Crippen LogP contribution < -0.4 is 0 Å². The van der Waals surface area contributed by atoms with Crippen molar-refractivity contribution in [2.75, 3.05) is 11.5 Å². The van der Waals surface area contributed by atoms with Gasteiger partial charge in [0.15, 0.2) is 9.84 Å². The summed E-state index contributed by atoms with van der Waals surface area (Å²) < 4.78 is 21.7. The zero-order valence-corrected chi connectivity index (χ0v) is 6.80.